The van der Waals surface area contributed by atoms with Crippen LogP contribution in [0.3, 0.4) is 0 Å². The number of para-hydroxylation sites is 1. The smallest absolute Gasteiger partial charge is 0.109 e. The molecule has 0 spiro atoms. The van der Waals surface area contributed by atoms with Gasteiger partial charge < -0.3 is 9.63 Å². The molecule has 7 aromatic carbocycles. The minimum atomic E-state index is -0.571. The zero-order valence-electron chi connectivity index (χ0n) is 28.0. The molecule has 260 valence electrons. The van der Waals surface area contributed by atoms with E-state index in [-0.39, 0.29) is 0 Å². The Morgan fingerprint density at radius 2 is 0.654 bits per heavy atom. The van der Waals surface area contributed by atoms with Crippen LogP contribution in [0.15, 0.2) is 217 Å². The number of nitrogens with zero attached hydrogens (tertiary/aromatic N) is 2. The van der Waals surface area contributed by atoms with Crippen LogP contribution in [0, 0.1) is 6.20 Å². The van der Waals surface area contributed by atoms with Crippen molar-refractivity contribution in [1.29, 1.82) is 0 Å². The molecular weight excluding hydrogens is 925 g/mol. The fourth-order valence-electron chi connectivity index (χ4n) is 5.24. The van der Waals surface area contributed by atoms with Crippen molar-refractivity contribution in [1.82, 2.24) is 5.27 Å². The van der Waals surface area contributed by atoms with E-state index < -0.39 is 21.8 Å². The average Bonchev–Trinajstić information content (AvgIpc) is 3.68. The Bertz CT molecular complexity index is 1810. The van der Waals surface area contributed by atoms with Crippen molar-refractivity contribution < 1.29 is 32.1 Å². The first-order valence-electron chi connectivity index (χ1n) is 16.3. The normalized spacial score (nSPS) is 10.2. The molecule has 0 aliphatic rings. The van der Waals surface area contributed by atoms with Crippen LogP contribution < -0.4 is 41.6 Å². The molecule has 0 N–H and O–H groups in total. The summed E-state index contributed by atoms with van der Waals surface area (Å²) >= 11 is 4.86. The molecule has 0 saturated heterocycles. The predicted octanol–water partition coefficient (Wildman–Crippen LogP) is 7.56. The summed E-state index contributed by atoms with van der Waals surface area (Å²) in [7, 11) is -0.892. The average molecular weight is 961 g/mol. The molecule has 8 rings (SSSR count). The number of halogens is 1. The van der Waals surface area contributed by atoms with Crippen molar-refractivity contribution in [2.45, 2.75) is 0 Å². The largest absolute Gasteiger partial charge is 0.560 e. The summed E-state index contributed by atoms with van der Waals surface area (Å²) in [5.74, 6) is -0.571. The van der Waals surface area contributed by atoms with Crippen LogP contribution in [0.1, 0.15) is 0 Å². The second-order valence-electron chi connectivity index (χ2n) is 10.9. The van der Waals surface area contributed by atoms with Crippen LogP contribution in [0.4, 0.5) is 0 Å². The van der Waals surface area contributed by atoms with Gasteiger partial charge in [0.1, 0.15) is 6.20 Å². The summed E-state index contributed by atoms with van der Waals surface area (Å²) in [6.45, 7) is 0. The van der Waals surface area contributed by atoms with E-state index in [0.717, 1.165) is 5.69 Å². The molecular formula is C44H35BrN2O2P2Pt. The Balaban J connectivity index is 0.000000151. The summed E-state index contributed by atoms with van der Waals surface area (Å²) in [6, 6.07) is 73.8. The van der Waals surface area contributed by atoms with Gasteiger partial charge in [-0.15, -0.1) is 0 Å². The van der Waals surface area contributed by atoms with Gasteiger partial charge in [0.2, 0.25) is 0 Å². The van der Waals surface area contributed by atoms with Gasteiger partial charge in [0, 0.05) is 5.27 Å². The maximum Gasteiger partial charge on any atom is 0.109 e. The molecule has 0 bridgehead atoms. The van der Waals surface area contributed by atoms with E-state index in [0.29, 0.717) is 0 Å². The van der Waals surface area contributed by atoms with Crippen LogP contribution in [0.2, 0.25) is 0 Å². The summed E-state index contributed by atoms with van der Waals surface area (Å²) < 4.78 is 5.59. The van der Waals surface area contributed by atoms with Gasteiger partial charge in [0.05, 0.1) is 11.6 Å². The Hall–Kier alpha value is -4.49. The van der Waals surface area contributed by atoms with E-state index in [1.54, 1.807) is 12.1 Å². The number of hydrogen-bond donors (Lipinski definition) is 0. The first-order chi connectivity index (χ1) is 25.8. The van der Waals surface area contributed by atoms with Crippen molar-refractivity contribution in [3.63, 3.8) is 0 Å². The van der Waals surface area contributed by atoms with E-state index in [1.165, 1.54) is 36.5 Å². The summed E-state index contributed by atoms with van der Waals surface area (Å²) in [6.07, 6.45) is 2.38. The first-order valence-corrected chi connectivity index (χ1v) is 24.0. The Kier molecular flexibility index (Phi) is 16.2. The molecule has 0 fully saturated rings. The van der Waals surface area contributed by atoms with Gasteiger partial charge in [-0.3, -0.25) is 0 Å². The van der Waals surface area contributed by atoms with Gasteiger partial charge in [-0.05, 0) is 47.7 Å². The molecule has 0 radical (unpaired) electrons. The number of benzene rings is 7. The minimum Gasteiger partial charge on any atom is -0.560 e. The van der Waals surface area contributed by atoms with Crippen molar-refractivity contribution in [2.75, 3.05) is 0 Å². The molecule has 1 aromatic heterocycles. The molecule has 0 amide bonds. The summed E-state index contributed by atoms with van der Waals surface area (Å²) in [5.41, 5.74) is 0.753. The van der Waals surface area contributed by atoms with E-state index in [4.69, 9.17) is 0 Å². The Labute approximate surface area is 326 Å². The number of rotatable bonds is 7. The second-order valence-corrected chi connectivity index (χ2v) is 15.3. The van der Waals surface area contributed by atoms with Gasteiger partial charge in [0.25, 0.3) is 0 Å². The predicted molar refractivity (Wildman–Crippen MR) is 216 cm³/mol. The van der Waals surface area contributed by atoms with Crippen molar-refractivity contribution in [3.05, 3.63) is 219 Å². The molecule has 0 atom stereocenters. The van der Waals surface area contributed by atoms with Crippen LogP contribution in [-0.4, -0.2) is 5.27 Å². The van der Waals surface area contributed by atoms with Gasteiger partial charge in [0.15, 0.2) is 0 Å². The third kappa shape index (κ3) is 11.5. The summed E-state index contributed by atoms with van der Waals surface area (Å²) in [4.78, 5) is 0. The fraction of sp³-hybridized carbons (Fsp3) is 0. The van der Waals surface area contributed by atoms with Gasteiger partial charge in [-0.1, -0.05) is 212 Å². The van der Waals surface area contributed by atoms with E-state index in [1.807, 2.05) is 36.0 Å². The van der Waals surface area contributed by atoms with Crippen molar-refractivity contribution >= 4 is 61.0 Å². The van der Waals surface area contributed by atoms with E-state index in [9.17, 15) is 5.11 Å². The van der Waals surface area contributed by atoms with Gasteiger partial charge in [-0.2, -0.15) is 4.68 Å². The standard InChI is InChI=1S/2C18H15P.C8H6N2O2.BrH.Pt/c2*1-4-10-16(11-5-1)19(17-12-6-2-7-13-17)18-14-8-3-9-15-18;11-8-6-10(9-12-8)7-4-2-1-3-5-7;;/h2*1-15H;1-5,11H;1H;/q;;;;+2/p-2. The van der Waals surface area contributed by atoms with E-state index in [2.05, 4.69) is 211 Å². The minimum absolute atomic E-state index is 0.446. The van der Waals surface area contributed by atoms with Crippen molar-refractivity contribution in [2.24, 2.45) is 0 Å². The molecule has 8 aromatic rings. The van der Waals surface area contributed by atoms with Crippen LogP contribution in [0.25, 0.3) is 5.69 Å². The third-order valence-corrected chi connectivity index (χ3v) is 12.4. The Morgan fingerprint density at radius 1 is 0.423 bits per heavy atom. The molecule has 0 unspecified atom stereocenters. The first kappa shape index (κ1) is 38.7. The number of aromatic nitrogens is 2. The third-order valence-electron chi connectivity index (χ3n) is 7.49. The SMILES string of the molecule is [Br][Pt+].[O-]c1[c-][n+](-c2ccccc2)no1.c1ccc(P(c2ccccc2)c2ccccc2)cc1.c1ccc(P(c2ccccc2)c2ccccc2)cc1. The van der Waals surface area contributed by atoms with E-state index >= 15 is 0 Å². The molecule has 0 aliphatic heterocycles. The quantitative estimate of drug-likeness (QED) is 0.0943. The van der Waals surface area contributed by atoms with Crippen LogP contribution in [0.5, 0.6) is 5.95 Å². The zero-order chi connectivity index (χ0) is 36.2. The molecule has 0 aliphatic carbocycles. The zero-order valence-corrected chi connectivity index (χ0v) is 33.7. The molecule has 0 saturated carbocycles. The monoisotopic (exact) mass is 959 g/mol. The Morgan fingerprint density at radius 3 is 0.865 bits per heavy atom. The fourth-order valence-corrected chi connectivity index (χ4v) is 9.85. The topological polar surface area (TPSA) is 53.0 Å². The molecule has 1 heterocycles. The van der Waals surface area contributed by atoms with Gasteiger partial charge in [-0.25, -0.2) is 0 Å². The molecule has 8 heteroatoms. The maximum absolute atomic E-state index is 10.6. The van der Waals surface area contributed by atoms with Crippen LogP contribution >= 0.6 is 29.1 Å². The number of hydrogen-bond acceptors (Lipinski definition) is 3. The maximum atomic E-state index is 10.6. The molecule has 4 nitrogen and oxygen atoms in total. The van der Waals surface area contributed by atoms with Gasteiger partial charge >= 0.3 is 31.1 Å². The second kappa shape index (κ2) is 21.8. The molecule has 52 heavy (non-hydrogen) atoms. The van der Waals surface area contributed by atoms with Crippen molar-refractivity contribution in [3.8, 4) is 11.6 Å². The van der Waals surface area contributed by atoms with Crippen LogP contribution in [-0.2, 0) is 17.8 Å². The summed E-state index contributed by atoms with van der Waals surface area (Å²) in [5, 5.41) is 22.4.